The van der Waals surface area contributed by atoms with Crippen LogP contribution in [0.5, 0.6) is 11.5 Å². The standard InChI is InChI=1S/C15H16ClFN2O/c1-10(2)19-8-11-5-6-18-9-15(11)20-14-4-3-12(17)7-13(14)16/h3-7,9-10,19H,8H2,1-2H3. The fourth-order valence-corrected chi connectivity index (χ4v) is 1.84. The highest BCUT2D eigenvalue weighted by atomic mass is 35.5. The predicted octanol–water partition coefficient (Wildman–Crippen LogP) is 4.16. The SMILES string of the molecule is CC(C)NCc1ccncc1Oc1ccc(F)cc1Cl. The molecule has 1 heterocycles. The van der Waals surface area contributed by atoms with Gasteiger partial charge in [0.1, 0.15) is 17.3 Å². The minimum Gasteiger partial charge on any atom is -0.454 e. The van der Waals surface area contributed by atoms with Crippen molar-refractivity contribution in [2.45, 2.75) is 26.4 Å². The summed E-state index contributed by atoms with van der Waals surface area (Å²) >= 11 is 5.96. The quantitative estimate of drug-likeness (QED) is 0.899. The molecule has 0 radical (unpaired) electrons. The molecule has 0 saturated carbocycles. The highest BCUT2D eigenvalue weighted by Crippen LogP contribution is 2.31. The van der Waals surface area contributed by atoms with Gasteiger partial charge in [0.25, 0.3) is 0 Å². The largest absolute Gasteiger partial charge is 0.454 e. The van der Waals surface area contributed by atoms with Crippen LogP contribution in [0, 0.1) is 5.82 Å². The lowest BCUT2D eigenvalue weighted by Crippen LogP contribution is -2.22. The second-order valence-electron chi connectivity index (χ2n) is 4.70. The molecule has 0 aliphatic heterocycles. The summed E-state index contributed by atoms with van der Waals surface area (Å²) in [6, 6.07) is 6.28. The van der Waals surface area contributed by atoms with Gasteiger partial charge in [0.15, 0.2) is 0 Å². The fourth-order valence-electron chi connectivity index (χ4n) is 1.64. The molecule has 5 heteroatoms. The lowest BCUT2D eigenvalue weighted by molar-refractivity contribution is 0.465. The normalized spacial score (nSPS) is 10.8. The predicted molar refractivity (Wildman–Crippen MR) is 77.7 cm³/mol. The molecule has 0 atom stereocenters. The van der Waals surface area contributed by atoms with Gasteiger partial charge in [0, 0.05) is 24.3 Å². The number of aromatic nitrogens is 1. The van der Waals surface area contributed by atoms with Crippen LogP contribution in [0.1, 0.15) is 19.4 Å². The van der Waals surface area contributed by atoms with Gasteiger partial charge in [0.2, 0.25) is 0 Å². The molecule has 0 fully saturated rings. The molecule has 2 rings (SSSR count). The molecule has 0 spiro atoms. The average Bonchev–Trinajstić information content (AvgIpc) is 2.41. The topological polar surface area (TPSA) is 34.2 Å². The van der Waals surface area contributed by atoms with Gasteiger partial charge in [-0.1, -0.05) is 25.4 Å². The van der Waals surface area contributed by atoms with Gasteiger partial charge in [-0.3, -0.25) is 4.98 Å². The van der Waals surface area contributed by atoms with E-state index in [1.807, 2.05) is 6.07 Å². The molecule has 1 aromatic carbocycles. The molecule has 1 N–H and O–H groups in total. The number of hydrogen-bond acceptors (Lipinski definition) is 3. The van der Waals surface area contributed by atoms with Gasteiger partial charge >= 0.3 is 0 Å². The molecule has 3 nitrogen and oxygen atoms in total. The van der Waals surface area contributed by atoms with E-state index in [4.69, 9.17) is 16.3 Å². The Hall–Kier alpha value is -1.65. The first-order chi connectivity index (χ1) is 9.56. The van der Waals surface area contributed by atoms with E-state index < -0.39 is 5.82 Å². The monoisotopic (exact) mass is 294 g/mol. The van der Waals surface area contributed by atoms with E-state index >= 15 is 0 Å². The smallest absolute Gasteiger partial charge is 0.150 e. The van der Waals surface area contributed by atoms with Crippen LogP contribution in [0.4, 0.5) is 4.39 Å². The number of ether oxygens (including phenoxy) is 1. The first kappa shape index (κ1) is 14.8. The fraction of sp³-hybridized carbons (Fsp3) is 0.267. The summed E-state index contributed by atoms with van der Waals surface area (Å²) in [7, 11) is 0. The zero-order valence-corrected chi connectivity index (χ0v) is 12.1. The van der Waals surface area contributed by atoms with E-state index in [0.717, 1.165) is 5.56 Å². The first-order valence-electron chi connectivity index (χ1n) is 6.35. The number of nitrogens with zero attached hydrogens (tertiary/aromatic N) is 1. The third kappa shape index (κ3) is 3.92. The third-order valence-electron chi connectivity index (χ3n) is 2.68. The summed E-state index contributed by atoms with van der Waals surface area (Å²) in [6.07, 6.45) is 3.33. The molecular formula is C15H16ClFN2O. The van der Waals surface area contributed by atoms with E-state index in [9.17, 15) is 4.39 Å². The molecule has 0 saturated heterocycles. The summed E-state index contributed by atoms with van der Waals surface area (Å²) in [6.45, 7) is 4.80. The van der Waals surface area contributed by atoms with Crippen molar-refractivity contribution in [2.75, 3.05) is 0 Å². The van der Waals surface area contributed by atoms with Crippen molar-refractivity contribution in [1.82, 2.24) is 10.3 Å². The van der Waals surface area contributed by atoms with E-state index in [0.29, 0.717) is 24.1 Å². The van der Waals surface area contributed by atoms with Gasteiger partial charge in [-0.05, 0) is 24.3 Å². The van der Waals surface area contributed by atoms with Crippen LogP contribution in [-0.2, 0) is 6.54 Å². The second-order valence-corrected chi connectivity index (χ2v) is 5.10. The van der Waals surface area contributed by atoms with Crippen molar-refractivity contribution in [3.63, 3.8) is 0 Å². The summed E-state index contributed by atoms with van der Waals surface area (Å²) in [5.41, 5.74) is 0.967. The lowest BCUT2D eigenvalue weighted by Gasteiger charge is -2.13. The number of hydrogen-bond donors (Lipinski definition) is 1. The number of rotatable bonds is 5. The van der Waals surface area contributed by atoms with Gasteiger partial charge in [0.05, 0.1) is 11.2 Å². The van der Waals surface area contributed by atoms with Crippen molar-refractivity contribution in [3.8, 4) is 11.5 Å². The second kappa shape index (κ2) is 6.68. The average molecular weight is 295 g/mol. The molecule has 0 aliphatic carbocycles. The molecule has 0 bridgehead atoms. The van der Waals surface area contributed by atoms with Crippen LogP contribution in [0.15, 0.2) is 36.7 Å². The van der Waals surface area contributed by atoms with Crippen LogP contribution < -0.4 is 10.1 Å². The Morgan fingerprint density at radius 1 is 1.30 bits per heavy atom. The molecule has 1 aromatic heterocycles. The molecule has 106 valence electrons. The molecule has 20 heavy (non-hydrogen) atoms. The molecule has 0 amide bonds. The van der Waals surface area contributed by atoms with Crippen molar-refractivity contribution in [2.24, 2.45) is 0 Å². The summed E-state index contributed by atoms with van der Waals surface area (Å²) < 4.78 is 18.7. The minimum absolute atomic E-state index is 0.233. The maximum absolute atomic E-state index is 13.0. The van der Waals surface area contributed by atoms with Gasteiger partial charge < -0.3 is 10.1 Å². The Labute approximate surface area is 122 Å². The van der Waals surface area contributed by atoms with Gasteiger partial charge in [-0.25, -0.2) is 4.39 Å². The maximum atomic E-state index is 13.0. The van der Waals surface area contributed by atoms with Gasteiger partial charge in [-0.2, -0.15) is 0 Å². The van der Waals surface area contributed by atoms with Gasteiger partial charge in [-0.15, -0.1) is 0 Å². The van der Waals surface area contributed by atoms with E-state index in [1.54, 1.807) is 12.4 Å². The van der Waals surface area contributed by atoms with Crippen LogP contribution >= 0.6 is 11.6 Å². The molecule has 2 aromatic rings. The summed E-state index contributed by atoms with van der Waals surface area (Å²) in [4.78, 5) is 4.05. The number of nitrogens with one attached hydrogen (secondary N) is 1. The van der Waals surface area contributed by atoms with Crippen LogP contribution in [0.2, 0.25) is 5.02 Å². The highest BCUT2D eigenvalue weighted by molar-refractivity contribution is 6.32. The Morgan fingerprint density at radius 2 is 2.10 bits per heavy atom. The van der Waals surface area contributed by atoms with E-state index in [-0.39, 0.29) is 5.02 Å². The number of pyridine rings is 1. The van der Waals surface area contributed by atoms with Crippen LogP contribution in [-0.4, -0.2) is 11.0 Å². The Kier molecular flexibility index (Phi) is 4.93. The number of halogens is 2. The molecule has 0 unspecified atom stereocenters. The van der Waals surface area contributed by atoms with E-state index in [2.05, 4.69) is 24.1 Å². The maximum Gasteiger partial charge on any atom is 0.150 e. The Balaban J connectivity index is 2.20. The van der Waals surface area contributed by atoms with Crippen LogP contribution in [0.3, 0.4) is 0 Å². The van der Waals surface area contributed by atoms with Crippen LogP contribution in [0.25, 0.3) is 0 Å². The third-order valence-corrected chi connectivity index (χ3v) is 2.98. The summed E-state index contributed by atoms with van der Waals surface area (Å²) in [5.74, 6) is 0.622. The zero-order chi connectivity index (χ0) is 14.5. The van der Waals surface area contributed by atoms with E-state index in [1.165, 1.54) is 18.2 Å². The molecule has 0 aliphatic rings. The van der Waals surface area contributed by atoms with Crippen molar-refractivity contribution < 1.29 is 9.13 Å². The van der Waals surface area contributed by atoms with Crippen molar-refractivity contribution in [3.05, 3.63) is 53.1 Å². The number of benzene rings is 1. The molecular weight excluding hydrogens is 279 g/mol. The van der Waals surface area contributed by atoms with Crippen molar-refractivity contribution >= 4 is 11.6 Å². The summed E-state index contributed by atoms with van der Waals surface area (Å²) in [5, 5.41) is 3.54. The zero-order valence-electron chi connectivity index (χ0n) is 11.4. The van der Waals surface area contributed by atoms with Crippen molar-refractivity contribution in [1.29, 1.82) is 0 Å². The first-order valence-corrected chi connectivity index (χ1v) is 6.73. The Bertz CT molecular complexity index is 590. The highest BCUT2D eigenvalue weighted by Gasteiger charge is 2.09. The Morgan fingerprint density at radius 3 is 2.80 bits per heavy atom. The minimum atomic E-state index is -0.393. The lowest BCUT2D eigenvalue weighted by atomic mass is 10.2.